The van der Waals surface area contributed by atoms with E-state index in [1.807, 2.05) is 28.5 Å². The monoisotopic (exact) mass is 442 g/mol. The number of amides is 2. The average Bonchev–Trinajstić information content (AvgIpc) is 3.25. The number of ether oxygens (including phenoxy) is 1. The molecule has 0 aliphatic carbocycles. The Hall–Kier alpha value is -2.29. The zero-order valence-corrected chi connectivity index (χ0v) is 18.6. The lowest BCUT2D eigenvalue weighted by molar-refractivity contribution is -0.138. The molecule has 2 amide bonds. The third kappa shape index (κ3) is 6.35. The fraction of sp³-hybridized carbons (Fsp3) is 0.522. The minimum absolute atomic E-state index is 0.0153. The minimum atomic E-state index is -0.148. The number of nitrogens with one attached hydrogen (secondary N) is 1. The molecule has 2 aliphatic heterocycles. The Morgan fingerprint density at radius 1 is 1.19 bits per heavy atom. The van der Waals surface area contributed by atoms with Gasteiger partial charge in [0.2, 0.25) is 11.8 Å². The number of carbonyl (C=O) groups excluding carboxylic acids is 2. The van der Waals surface area contributed by atoms with Gasteiger partial charge in [0.05, 0.1) is 36.4 Å². The van der Waals surface area contributed by atoms with E-state index in [1.54, 1.807) is 11.3 Å². The van der Waals surface area contributed by atoms with Gasteiger partial charge in [-0.1, -0.05) is 30.3 Å². The van der Waals surface area contributed by atoms with Gasteiger partial charge in [-0.3, -0.25) is 14.5 Å². The Morgan fingerprint density at radius 2 is 2.00 bits per heavy atom. The Kier molecular flexibility index (Phi) is 7.66. The van der Waals surface area contributed by atoms with E-state index in [2.05, 4.69) is 27.3 Å². The fourth-order valence-electron chi connectivity index (χ4n) is 4.04. The van der Waals surface area contributed by atoms with Gasteiger partial charge in [-0.15, -0.1) is 11.3 Å². The number of benzene rings is 1. The smallest absolute Gasteiger partial charge is 0.225 e. The van der Waals surface area contributed by atoms with Gasteiger partial charge >= 0.3 is 0 Å². The van der Waals surface area contributed by atoms with Gasteiger partial charge < -0.3 is 15.0 Å². The van der Waals surface area contributed by atoms with Gasteiger partial charge in [0.25, 0.3) is 0 Å². The van der Waals surface area contributed by atoms with Crippen molar-refractivity contribution in [1.29, 1.82) is 0 Å². The standard InChI is InChI=1S/C23H30N4O3S/c28-22-7-6-19(16-27(22)9-8-26-10-12-30-13-11-26)23(29)24-15-20-17-31-21(25-20)14-18-4-2-1-3-5-18/h1-5,17,19H,6-16H2,(H,24,29)/t19-/m1/s1. The predicted molar refractivity (Wildman–Crippen MR) is 120 cm³/mol. The van der Waals surface area contributed by atoms with Gasteiger partial charge in [0.15, 0.2) is 0 Å². The van der Waals surface area contributed by atoms with Gasteiger partial charge in [-0.2, -0.15) is 0 Å². The normalized spacial score (nSPS) is 20.1. The van der Waals surface area contributed by atoms with Gasteiger partial charge in [-0.05, 0) is 12.0 Å². The van der Waals surface area contributed by atoms with Crippen LogP contribution in [0.3, 0.4) is 0 Å². The molecule has 0 radical (unpaired) electrons. The number of morpholine rings is 1. The van der Waals surface area contributed by atoms with Crippen LogP contribution in [0.1, 0.15) is 29.1 Å². The number of nitrogens with zero attached hydrogens (tertiary/aromatic N) is 3. The first-order chi connectivity index (χ1) is 15.2. The van der Waals surface area contributed by atoms with Crippen LogP contribution < -0.4 is 5.32 Å². The Bertz CT molecular complexity index is 867. The number of likely N-dealkylation sites (tertiary alicyclic amines) is 1. The summed E-state index contributed by atoms with van der Waals surface area (Å²) in [5.74, 6) is 0.0219. The lowest BCUT2D eigenvalue weighted by Crippen LogP contribution is -2.49. The molecule has 0 spiro atoms. The van der Waals surface area contributed by atoms with Crippen LogP contribution in [0.25, 0.3) is 0 Å². The summed E-state index contributed by atoms with van der Waals surface area (Å²) in [4.78, 5) is 33.9. The van der Waals surface area contributed by atoms with E-state index in [-0.39, 0.29) is 17.7 Å². The van der Waals surface area contributed by atoms with E-state index >= 15 is 0 Å². The Labute approximate surface area is 187 Å². The van der Waals surface area contributed by atoms with E-state index in [4.69, 9.17) is 4.74 Å². The van der Waals surface area contributed by atoms with Crippen LogP contribution in [-0.4, -0.2) is 72.5 Å². The maximum absolute atomic E-state index is 12.7. The van der Waals surface area contributed by atoms with Crippen molar-refractivity contribution in [2.24, 2.45) is 5.92 Å². The summed E-state index contributed by atoms with van der Waals surface area (Å²) in [6.45, 7) is 5.78. The van der Waals surface area contributed by atoms with Crippen molar-refractivity contribution in [2.45, 2.75) is 25.8 Å². The summed E-state index contributed by atoms with van der Waals surface area (Å²) in [6, 6.07) is 10.3. The molecule has 1 atom stereocenters. The number of rotatable bonds is 8. The maximum Gasteiger partial charge on any atom is 0.225 e. The van der Waals surface area contributed by atoms with Crippen LogP contribution >= 0.6 is 11.3 Å². The van der Waals surface area contributed by atoms with E-state index < -0.39 is 0 Å². The van der Waals surface area contributed by atoms with E-state index in [9.17, 15) is 9.59 Å². The number of piperidine rings is 1. The van der Waals surface area contributed by atoms with Gasteiger partial charge in [0, 0.05) is 50.9 Å². The second-order valence-electron chi connectivity index (χ2n) is 8.14. The molecule has 1 aromatic carbocycles. The molecule has 166 valence electrons. The van der Waals surface area contributed by atoms with Crippen molar-refractivity contribution in [3.63, 3.8) is 0 Å². The molecule has 0 bridgehead atoms. The zero-order chi connectivity index (χ0) is 21.5. The van der Waals surface area contributed by atoms with Crippen molar-refractivity contribution in [3.05, 3.63) is 52.0 Å². The molecule has 2 aromatic rings. The van der Waals surface area contributed by atoms with Crippen LogP contribution in [0.15, 0.2) is 35.7 Å². The number of thiazole rings is 1. The highest BCUT2D eigenvalue weighted by Crippen LogP contribution is 2.19. The van der Waals surface area contributed by atoms with Crippen molar-refractivity contribution < 1.29 is 14.3 Å². The van der Waals surface area contributed by atoms with Crippen molar-refractivity contribution in [2.75, 3.05) is 45.9 Å². The highest BCUT2D eigenvalue weighted by atomic mass is 32.1. The highest BCUT2D eigenvalue weighted by molar-refractivity contribution is 7.09. The predicted octanol–water partition coefficient (Wildman–Crippen LogP) is 1.92. The van der Waals surface area contributed by atoms with Crippen LogP contribution in [0.4, 0.5) is 0 Å². The molecular formula is C23H30N4O3S. The SMILES string of the molecule is O=C(NCc1csc(Cc2ccccc2)n1)[C@@H]1CCC(=O)N(CCN2CCOCC2)C1. The summed E-state index contributed by atoms with van der Waals surface area (Å²) < 4.78 is 5.38. The quantitative estimate of drug-likeness (QED) is 0.676. The summed E-state index contributed by atoms with van der Waals surface area (Å²) in [5, 5.41) is 6.09. The third-order valence-electron chi connectivity index (χ3n) is 5.90. The molecule has 7 nitrogen and oxygen atoms in total. The molecule has 0 saturated carbocycles. The second kappa shape index (κ2) is 10.8. The highest BCUT2D eigenvalue weighted by Gasteiger charge is 2.30. The molecule has 4 rings (SSSR count). The van der Waals surface area contributed by atoms with Crippen LogP contribution in [0.5, 0.6) is 0 Å². The van der Waals surface area contributed by atoms with Crippen LogP contribution in [0, 0.1) is 5.92 Å². The topological polar surface area (TPSA) is 74.8 Å². The molecular weight excluding hydrogens is 412 g/mol. The average molecular weight is 443 g/mol. The largest absolute Gasteiger partial charge is 0.379 e. The number of carbonyl (C=O) groups is 2. The zero-order valence-electron chi connectivity index (χ0n) is 17.8. The first-order valence-corrected chi connectivity index (χ1v) is 11.9. The molecule has 2 aliphatic rings. The molecule has 0 unspecified atom stereocenters. The van der Waals surface area contributed by atoms with E-state index in [0.29, 0.717) is 32.5 Å². The van der Waals surface area contributed by atoms with E-state index in [0.717, 1.165) is 50.0 Å². The molecule has 1 aromatic heterocycles. The molecule has 1 N–H and O–H groups in total. The molecule has 2 fully saturated rings. The lowest BCUT2D eigenvalue weighted by atomic mass is 9.96. The summed E-state index contributed by atoms with van der Waals surface area (Å²) >= 11 is 1.62. The number of hydrogen-bond donors (Lipinski definition) is 1. The Balaban J connectivity index is 1.23. The Morgan fingerprint density at radius 3 is 2.81 bits per heavy atom. The number of hydrogen-bond acceptors (Lipinski definition) is 6. The molecule has 2 saturated heterocycles. The lowest BCUT2D eigenvalue weighted by Gasteiger charge is -2.34. The third-order valence-corrected chi connectivity index (χ3v) is 6.80. The fourth-order valence-corrected chi connectivity index (χ4v) is 4.86. The summed E-state index contributed by atoms with van der Waals surface area (Å²) in [7, 11) is 0. The molecule has 31 heavy (non-hydrogen) atoms. The van der Waals surface area contributed by atoms with Gasteiger partial charge in [0.1, 0.15) is 0 Å². The van der Waals surface area contributed by atoms with Crippen LogP contribution in [0.2, 0.25) is 0 Å². The molecule has 8 heteroatoms. The molecule has 3 heterocycles. The van der Waals surface area contributed by atoms with Crippen LogP contribution in [-0.2, 0) is 27.3 Å². The van der Waals surface area contributed by atoms with E-state index in [1.165, 1.54) is 5.56 Å². The maximum atomic E-state index is 12.7. The minimum Gasteiger partial charge on any atom is -0.379 e. The number of aromatic nitrogens is 1. The first kappa shape index (κ1) is 21.9. The second-order valence-corrected chi connectivity index (χ2v) is 9.08. The summed E-state index contributed by atoms with van der Waals surface area (Å²) in [6.07, 6.45) is 1.87. The van der Waals surface area contributed by atoms with Gasteiger partial charge in [-0.25, -0.2) is 4.98 Å². The van der Waals surface area contributed by atoms with Crippen molar-refractivity contribution in [1.82, 2.24) is 20.1 Å². The van der Waals surface area contributed by atoms with Crippen molar-refractivity contribution >= 4 is 23.2 Å². The first-order valence-electron chi connectivity index (χ1n) is 11.0. The van der Waals surface area contributed by atoms with Crippen molar-refractivity contribution in [3.8, 4) is 0 Å². The summed E-state index contributed by atoms with van der Waals surface area (Å²) in [5.41, 5.74) is 2.12.